The third-order valence-corrected chi connectivity index (χ3v) is 3.32. The molecule has 0 unspecified atom stereocenters. The van der Waals surface area contributed by atoms with Crippen LogP contribution in [0.5, 0.6) is 0 Å². The normalized spacial score (nSPS) is 32.6. The Morgan fingerprint density at radius 2 is 2.07 bits per heavy atom. The van der Waals surface area contributed by atoms with E-state index in [1.165, 1.54) is 19.3 Å². The average molecular weight is 213 g/mol. The predicted octanol–water partition coefficient (Wildman–Crippen LogP) is 2.83. The molecule has 1 rings (SSSR count). The molecular weight excluding hydrogens is 186 g/mol. The molecule has 0 aromatic carbocycles. The quantitative estimate of drug-likeness (QED) is 0.775. The van der Waals surface area contributed by atoms with E-state index in [0.29, 0.717) is 17.5 Å². The maximum Gasteiger partial charge on any atom is 0.0613 e. The van der Waals surface area contributed by atoms with Gasteiger partial charge in [-0.15, -0.1) is 0 Å². The highest BCUT2D eigenvalue weighted by atomic mass is 16.5. The second kappa shape index (κ2) is 5.31. The van der Waals surface area contributed by atoms with Gasteiger partial charge in [-0.2, -0.15) is 0 Å². The lowest BCUT2D eigenvalue weighted by molar-refractivity contribution is 0.121. The van der Waals surface area contributed by atoms with Crippen LogP contribution in [0.2, 0.25) is 0 Å². The van der Waals surface area contributed by atoms with E-state index >= 15 is 0 Å². The first kappa shape index (κ1) is 13.0. The van der Waals surface area contributed by atoms with Crippen LogP contribution >= 0.6 is 0 Å². The van der Waals surface area contributed by atoms with E-state index in [-0.39, 0.29) is 0 Å². The molecule has 2 heteroatoms. The summed E-state index contributed by atoms with van der Waals surface area (Å²) in [6.45, 7) is 10.2. The van der Waals surface area contributed by atoms with Gasteiger partial charge >= 0.3 is 0 Å². The molecule has 15 heavy (non-hydrogen) atoms. The summed E-state index contributed by atoms with van der Waals surface area (Å²) in [6, 6.07) is 1.15. The van der Waals surface area contributed by atoms with Gasteiger partial charge in [-0.05, 0) is 37.5 Å². The molecule has 90 valence electrons. The number of ether oxygens (including phenoxy) is 1. The molecule has 0 heterocycles. The number of hydrogen-bond donors (Lipinski definition) is 1. The van der Waals surface area contributed by atoms with Crippen molar-refractivity contribution in [2.24, 2.45) is 11.3 Å². The van der Waals surface area contributed by atoms with Crippen molar-refractivity contribution in [3.05, 3.63) is 0 Å². The Kier molecular flexibility index (Phi) is 4.60. The molecule has 0 spiro atoms. The molecule has 0 aliphatic heterocycles. The monoisotopic (exact) mass is 213 g/mol. The third kappa shape index (κ3) is 4.52. The Hall–Kier alpha value is -0.0800. The topological polar surface area (TPSA) is 21.3 Å². The van der Waals surface area contributed by atoms with Crippen LogP contribution in [0, 0.1) is 11.3 Å². The second-order valence-corrected chi connectivity index (χ2v) is 6.13. The predicted molar refractivity (Wildman–Crippen MR) is 65.1 cm³/mol. The van der Waals surface area contributed by atoms with Crippen LogP contribution in [0.25, 0.3) is 0 Å². The molecule has 0 aromatic heterocycles. The molecule has 0 amide bonds. The fourth-order valence-electron chi connectivity index (χ4n) is 3.17. The van der Waals surface area contributed by atoms with Gasteiger partial charge in [-0.25, -0.2) is 0 Å². The molecule has 0 saturated heterocycles. The maximum absolute atomic E-state index is 5.16. The van der Waals surface area contributed by atoms with Crippen molar-refractivity contribution in [1.82, 2.24) is 5.32 Å². The zero-order chi connectivity index (χ0) is 11.5. The number of hydrogen-bond acceptors (Lipinski definition) is 2. The van der Waals surface area contributed by atoms with Crippen molar-refractivity contribution in [2.45, 2.75) is 59.0 Å². The molecule has 1 aliphatic carbocycles. The molecule has 0 bridgehead atoms. The van der Waals surface area contributed by atoms with Crippen LogP contribution in [-0.2, 0) is 4.74 Å². The Labute approximate surface area is 94.8 Å². The van der Waals surface area contributed by atoms with E-state index < -0.39 is 0 Å². The van der Waals surface area contributed by atoms with Crippen LogP contribution in [-0.4, -0.2) is 25.8 Å². The molecule has 3 atom stereocenters. The van der Waals surface area contributed by atoms with Crippen LogP contribution in [0.1, 0.15) is 47.0 Å². The summed E-state index contributed by atoms with van der Waals surface area (Å²) in [4.78, 5) is 0. The van der Waals surface area contributed by atoms with Crippen molar-refractivity contribution in [1.29, 1.82) is 0 Å². The Morgan fingerprint density at radius 1 is 1.40 bits per heavy atom. The van der Waals surface area contributed by atoms with Crippen LogP contribution in [0.15, 0.2) is 0 Å². The van der Waals surface area contributed by atoms with Crippen LogP contribution in [0.4, 0.5) is 0 Å². The highest BCUT2D eigenvalue weighted by Gasteiger charge is 2.32. The highest BCUT2D eigenvalue weighted by Crippen LogP contribution is 2.38. The van der Waals surface area contributed by atoms with E-state index in [1.54, 1.807) is 7.11 Å². The van der Waals surface area contributed by atoms with Crippen LogP contribution in [0.3, 0.4) is 0 Å². The summed E-state index contributed by atoms with van der Waals surface area (Å²) in [5, 5.41) is 3.68. The van der Waals surface area contributed by atoms with Crippen molar-refractivity contribution in [3.63, 3.8) is 0 Å². The number of nitrogens with one attached hydrogen (secondary N) is 1. The van der Waals surface area contributed by atoms with Crippen molar-refractivity contribution in [3.8, 4) is 0 Å². The summed E-state index contributed by atoms with van der Waals surface area (Å²) >= 11 is 0. The molecular formula is C13H27NO. The largest absolute Gasteiger partial charge is 0.383 e. The first-order valence-electron chi connectivity index (χ1n) is 6.18. The van der Waals surface area contributed by atoms with E-state index in [0.717, 1.165) is 12.5 Å². The molecule has 0 aromatic rings. The lowest BCUT2D eigenvalue weighted by atomic mass is 9.70. The van der Waals surface area contributed by atoms with Gasteiger partial charge in [0.25, 0.3) is 0 Å². The van der Waals surface area contributed by atoms with Crippen LogP contribution < -0.4 is 5.32 Å². The van der Waals surface area contributed by atoms with E-state index in [4.69, 9.17) is 4.74 Å². The molecule has 1 fully saturated rings. The van der Waals surface area contributed by atoms with Gasteiger partial charge in [-0.1, -0.05) is 20.8 Å². The van der Waals surface area contributed by atoms with Crippen molar-refractivity contribution in [2.75, 3.05) is 13.7 Å². The molecule has 1 aliphatic rings. The van der Waals surface area contributed by atoms with E-state index in [2.05, 4.69) is 33.0 Å². The standard InChI is InChI=1S/C13H27NO/c1-10-6-12(8-13(3,4)7-10)14-11(2)9-15-5/h10-12,14H,6-9H2,1-5H3/t10-,11-,12+/m0/s1. The van der Waals surface area contributed by atoms with Gasteiger partial charge < -0.3 is 10.1 Å². The summed E-state index contributed by atoms with van der Waals surface area (Å²) in [5.74, 6) is 0.848. The Bertz CT molecular complexity index is 191. The lowest BCUT2D eigenvalue weighted by Gasteiger charge is -2.40. The van der Waals surface area contributed by atoms with Gasteiger partial charge in [0, 0.05) is 19.2 Å². The lowest BCUT2D eigenvalue weighted by Crippen LogP contribution is -2.45. The molecule has 0 radical (unpaired) electrons. The Balaban J connectivity index is 2.41. The smallest absolute Gasteiger partial charge is 0.0613 e. The summed E-state index contributed by atoms with van der Waals surface area (Å²) in [7, 11) is 1.77. The average Bonchev–Trinajstić information content (AvgIpc) is 1.99. The first-order valence-corrected chi connectivity index (χ1v) is 6.18. The zero-order valence-electron chi connectivity index (χ0n) is 11.0. The van der Waals surface area contributed by atoms with Crippen molar-refractivity contribution < 1.29 is 4.74 Å². The van der Waals surface area contributed by atoms with Gasteiger partial charge in [-0.3, -0.25) is 0 Å². The molecule has 1 saturated carbocycles. The summed E-state index contributed by atoms with van der Waals surface area (Å²) in [5.41, 5.74) is 0.502. The Morgan fingerprint density at radius 3 is 2.60 bits per heavy atom. The number of methoxy groups -OCH3 is 1. The zero-order valence-corrected chi connectivity index (χ0v) is 11.0. The highest BCUT2D eigenvalue weighted by molar-refractivity contribution is 4.87. The molecule has 2 nitrogen and oxygen atoms in total. The fraction of sp³-hybridized carbons (Fsp3) is 1.00. The fourth-order valence-corrected chi connectivity index (χ4v) is 3.17. The van der Waals surface area contributed by atoms with Gasteiger partial charge in [0.1, 0.15) is 0 Å². The minimum Gasteiger partial charge on any atom is -0.383 e. The number of rotatable bonds is 4. The summed E-state index contributed by atoms with van der Waals surface area (Å²) in [6.07, 6.45) is 3.98. The minimum atomic E-state index is 0.473. The van der Waals surface area contributed by atoms with E-state index in [1.807, 2.05) is 0 Å². The summed E-state index contributed by atoms with van der Waals surface area (Å²) < 4.78 is 5.16. The first-order chi connectivity index (χ1) is 6.93. The van der Waals surface area contributed by atoms with Gasteiger partial charge in [0.2, 0.25) is 0 Å². The van der Waals surface area contributed by atoms with Gasteiger partial charge in [0.05, 0.1) is 6.61 Å². The molecule has 1 N–H and O–H groups in total. The van der Waals surface area contributed by atoms with Gasteiger partial charge in [0.15, 0.2) is 0 Å². The maximum atomic E-state index is 5.16. The third-order valence-electron chi connectivity index (χ3n) is 3.32. The van der Waals surface area contributed by atoms with E-state index in [9.17, 15) is 0 Å². The SMILES string of the molecule is COC[C@H](C)N[C@@H]1C[C@H](C)CC(C)(C)C1. The second-order valence-electron chi connectivity index (χ2n) is 6.13. The minimum absolute atomic E-state index is 0.473. The van der Waals surface area contributed by atoms with Crippen molar-refractivity contribution >= 4 is 0 Å².